The minimum absolute atomic E-state index is 0.0652. The lowest BCUT2D eigenvalue weighted by molar-refractivity contribution is 0.603. The lowest BCUT2D eigenvalue weighted by atomic mass is 10.2. The first kappa shape index (κ1) is 13.4. The number of anilines is 1. The predicted molar refractivity (Wildman–Crippen MR) is 75.6 cm³/mol. The van der Waals surface area contributed by atoms with Crippen LogP contribution in [-0.2, 0) is 13.1 Å². The molecule has 19 heavy (non-hydrogen) atoms. The summed E-state index contributed by atoms with van der Waals surface area (Å²) in [7, 11) is 0. The fourth-order valence-corrected chi connectivity index (χ4v) is 1.94. The Morgan fingerprint density at radius 2 is 1.84 bits per heavy atom. The zero-order valence-electron chi connectivity index (χ0n) is 10.5. The van der Waals surface area contributed by atoms with Gasteiger partial charge in [-0.2, -0.15) is 0 Å². The Kier molecular flexibility index (Phi) is 3.76. The second kappa shape index (κ2) is 5.32. The van der Waals surface area contributed by atoms with Gasteiger partial charge in [-0.3, -0.25) is 13.9 Å². The van der Waals surface area contributed by atoms with E-state index in [1.54, 1.807) is 24.3 Å². The molecule has 2 rings (SSSR count). The normalized spacial score (nSPS) is 10.6. The van der Waals surface area contributed by atoms with Crippen molar-refractivity contribution in [3.63, 3.8) is 0 Å². The van der Waals surface area contributed by atoms with Gasteiger partial charge in [0, 0.05) is 17.8 Å². The van der Waals surface area contributed by atoms with Crippen LogP contribution in [0.2, 0.25) is 5.02 Å². The van der Waals surface area contributed by atoms with Crippen molar-refractivity contribution >= 4 is 17.3 Å². The van der Waals surface area contributed by atoms with E-state index in [0.29, 0.717) is 11.6 Å². The van der Waals surface area contributed by atoms with Crippen LogP contribution in [0.4, 0.5) is 5.69 Å². The molecule has 0 saturated heterocycles. The third-order valence-electron chi connectivity index (χ3n) is 2.86. The number of nitrogens with two attached hydrogens (primary N) is 1. The highest BCUT2D eigenvalue weighted by molar-refractivity contribution is 6.30. The zero-order chi connectivity index (χ0) is 14.0. The van der Waals surface area contributed by atoms with Gasteiger partial charge in [0.15, 0.2) is 0 Å². The summed E-state index contributed by atoms with van der Waals surface area (Å²) in [5.74, 6) is 0. The van der Waals surface area contributed by atoms with E-state index in [2.05, 4.69) is 0 Å². The van der Waals surface area contributed by atoms with Gasteiger partial charge in [0.1, 0.15) is 5.69 Å². The summed E-state index contributed by atoms with van der Waals surface area (Å²) in [5.41, 5.74) is 5.68. The van der Waals surface area contributed by atoms with Crippen molar-refractivity contribution in [2.24, 2.45) is 0 Å². The van der Waals surface area contributed by atoms with E-state index >= 15 is 0 Å². The van der Waals surface area contributed by atoms with Crippen LogP contribution in [0.3, 0.4) is 0 Å². The maximum atomic E-state index is 12.1. The smallest absolute Gasteiger partial charge is 0.331 e. The largest absolute Gasteiger partial charge is 0.393 e. The molecule has 0 atom stereocenters. The number of rotatable bonds is 3. The quantitative estimate of drug-likeness (QED) is 0.921. The van der Waals surface area contributed by atoms with Crippen LogP contribution in [0, 0.1) is 0 Å². The molecule has 1 aromatic carbocycles. The average molecular weight is 280 g/mol. The third kappa shape index (κ3) is 2.71. The Morgan fingerprint density at radius 1 is 1.21 bits per heavy atom. The van der Waals surface area contributed by atoms with Crippen LogP contribution in [0.1, 0.15) is 12.5 Å². The van der Waals surface area contributed by atoms with Crippen LogP contribution in [-0.4, -0.2) is 9.13 Å². The van der Waals surface area contributed by atoms with Gasteiger partial charge in [-0.1, -0.05) is 23.7 Å². The lowest BCUT2D eigenvalue weighted by Gasteiger charge is -2.10. The van der Waals surface area contributed by atoms with Gasteiger partial charge < -0.3 is 5.73 Å². The molecule has 2 aromatic rings. The first-order chi connectivity index (χ1) is 9.02. The van der Waals surface area contributed by atoms with Crippen LogP contribution in [0.25, 0.3) is 0 Å². The Labute approximate surface area is 114 Å². The minimum Gasteiger partial charge on any atom is -0.393 e. The molecular weight excluding hydrogens is 266 g/mol. The summed E-state index contributed by atoms with van der Waals surface area (Å²) in [5, 5.41) is 0.606. The monoisotopic (exact) mass is 279 g/mol. The summed E-state index contributed by atoms with van der Waals surface area (Å²) < 4.78 is 2.54. The number of hydrogen-bond acceptors (Lipinski definition) is 3. The Balaban J connectivity index is 2.50. The predicted octanol–water partition coefficient (Wildman–Crippen LogP) is 1.31. The number of nitrogen functional groups attached to an aromatic ring is 1. The van der Waals surface area contributed by atoms with E-state index in [9.17, 15) is 9.59 Å². The van der Waals surface area contributed by atoms with Gasteiger partial charge in [0.2, 0.25) is 0 Å². The van der Waals surface area contributed by atoms with Crippen molar-refractivity contribution in [2.75, 3.05) is 5.73 Å². The number of benzene rings is 1. The van der Waals surface area contributed by atoms with E-state index in [-0.39, 0.29) is 17.9 Å². The molecule has 100 valence electrons. The van der Waals surface area contributed by atoms with Crippen molar-refractivity contribution in [2.45, 2.75) is 20.0 Å². The first-order valence-corrected chi connectivity index (χ1v) is 6.25. The maximum absolute atomic E-state index is 12.1. The molecule has 0 fully saturated rings. The molecule has 0 amide bonds. The highest BCUT2D eigenvalue weighted by Crippen LogP contribution is 2.09. The molecule has 0 radical (unpaired) electrons. The van der Waals surface area contributed by atoms with Crippen LogP contribution in [0.15, 0.2) is 40.1 Å². The van der Waals surface area contributed by atoms with Crippen LogP contribution < -0.4 is 17.0 Å². The van der Waals surface area contributed by atoms with Crippen molar-refractivity contribution in [1.29, 1.82) is 0 Å². The maximum Gasteiger partial charge on any atom is 0.331 e. The molecule has 2 N–H and O–H groups in total. The molecule has 0 aliphatic heterocycles. The van der Waals surface area contributed by atoms with E-state index in [0.717, 1.165) is 10.1 Å². The Hall–Kier alpha value is -2.01. The molecular formula is C13H14ClN3O2. The third-order valence-corrected chi connectivity index (χ3v) is 3.11. The van der Waals surface area contributed by atoms with Crippen molar-refractivity contribution in [1.82, 2.24) is 9.13 Å². The second-order valence-electron chi connectivity index (χ2n) is 4.17. The van der Waals surface area contributed by atoms with Crippen molar-refractivity contribution in [3.05, 3.63) is 61.9 Å². The summed E-state index contributed by atoms with van der Waals surface area (Å²) in [4.78, 5) is 24.0. The topological polar surface area (TPSA) is 70.0 Å². The van der Waals surface area contributed by atoms with Gasteiger partial charge in [0.05, 0.1) is 6.54 Å². The number of halogens is 1. The highest BCUT2D eigenvalue weighted by atomic mass is 35.5. The number of hydrogen-bond donors (Lipinski definition) is 1. The van der Waals surface area contributed by atoms with Crippen molar-refractivity contribution in [3.8, 4) is 0 Å². The Bertz CT molecular complexity index is 701. The second-order valence-corrected chi connectivity index (χ2v) is 4.61. The minimum atomic E-state index is -0.468. The highest BCUT2D eigenvalue weighted by Gasteiger charge is 2.09. The van der Waals surface area contributed by atoms with E-state index in [1.165, 1.54) is 10.8 Å². The zero-order valence-corrected chi connectivity index (χ0v) is 11.2. The Morgan fingerprint density at radius 3 is 2.42 bits per heavy atom. The van der Waals surface area contributed by atoms with Crippen molar-refractivity contribution < 1.29 is 0 Å². The number of nitrogens with zero attached hydrogens (tertiary/aromatic N) is 2. The molecule has 0 aliphatic carbocycles. The molecule has 5 nitrogen and oxygen atoms in total. The van der Waals surface area contributed by atoms with E-state index < -0.39 is 5.56 Å². The molecule has 1 heterocycles. The molecule has 0 aliphatic rings. The standard InChI is InChI=1S/C13H14ClN3O2/c1-2-16-8-11(15)12(18)17(13(16)19)7-9-3-5-10(14)6-4-9/h3-6,8H,2,7,15H2,1H3. The lowest BCUT2D eigenvalue weighted by Crippen LogP contribution is -2.40. The van der Waals surface area contributed by atoms with E-state index in [4.69, 9.17) is 17.3 Å². The summed E-state index contributed by atoms with van der Waals surface area (Å²) in [6.45, 7) is 2.46. The fourth-order valence-electron chi connectivity index (χ4n) is 1.81. The molecule has 0 bridgehead atoms. The van der Waals surface area contributed by atoms with E-state index in [1.807, 2.05) is 6.92 Å². The molecule has 1 aromatic heterocycles. The number of aryl methyl sites for hydroxylation is 1. The molecule has 0 saturated carbocycles. The number of aromatic nitrogens is 2. The first-order valence-electron chi connectivity index (χ1n) is 5.87. The summed E-state index contributed by atoms with van der Waals surface area (Å²) in [6, 6.07) is 6.97. The van der Waals surface area contributed by atoms with Crippen LogP contribution >= 0.6 is 11.6 Å². The van der Waals surface area contributed by atoms with Crippen LogP contribution in [0.5, 0.6) is 0 Å². The average Bonchev–Trinajstić information content (AvgIpc) is 2.41. The molecule has 6 heteroatoms. The van der Waals surface area contributed by atoms with Gasteiger partial charge in [-0.25, -0.2) is 4.79 Å². The summed E-state index contributed by atoms with van der Waals surface area (Å²) >= 11 is 5.80. The summed E-state index contributed by atoms with van der Waals surface area (Å²) in [6.07, 6.45) is 1.38. The molecule has 0 spiro atoms. The van der Waals surface area contributed by atoms with Gasteiger partial charge in [-0.15, -0.1) is 0 Å². The fraction of sp³-hybridized carbons (Fsp3) is 0.231. The van der Waals surface area contributed by atoms with Gasteiger partial charge in [-0.05, 0) is 24.6 Å². The molecule has 0 unspecified atom stereocenters. The van der Waals surface area contributed by atoms with Gasteiger partial charge >= 0.3 is 5.69 Å². The SMILES string of the molecule is CCn1cc(N)c(=O)n(Cc2ccc(Cl)cc2)c1=O. The van der Waals surface area contributed by atoms with Gasteiger partial charge in [0.25, 0.3) is 5.56 Å².